The van der Waals surface area contributed by atoms with E-state index < -0.39 is 0 Å². The monoisotopic (exact) mass is 224 g/mol. The lowest BCUT2D eigenvalue weighted by atomic mass is 10.4. The number of carbonyl (C=O) groups excluding carboxylic acids is 1. The van der Waals surface area contributed by atoms with Gasteiger partial charge in [0.1, 0.15) is 5.69 Å². The van der Waals surface area contributed by atoms with Crippen molar-refractivity contribution in [1.82, 2.24) is 9.88 Å². The van der Waals surface area contributed by atoms with Crippen LogP contribution in [0.4, 0.5) is 0 Å². The number of rotatable bonds is 3. The summed E-state index contributed by atoms with van der Waals surface area (Å²) in [5.41, 5.74) is 1.56. The van der Waals surface area contributed by atoms with E-state index in [0.29, 0.717) is 12.2 Å². The van der Waals surface area contributed by atoms with E-state index in [4.69, 9.17) is 5.11 Å². The summed E-state index contributed by atoms with van der Waals surface area (Å²) < 4.78 is 1.08. The van der Waals surface area contributed by atoms with Gasteiger partial charge in [0.2, 0.25) is 0 Å². The molecule has 2 N–H and O–H groups in total. The highest BCUT2D eigenvalue weighted by Gasteiger charge is 2.13. The van der Waals surface area contributed by atoms with Crippen molar-refractivity contribution < 1.29 is 9.90 Å². The maximum atomic E-state index is 11.8. The number of aromatic nitrogens is 1. The molecule has 0 saturated heterocycles. The number of carbonyl (C=O) groups is 1. The van der Waals surface area contributed by atoms with Crippen molar-refractivity contribution in [3.05, 3.63) is 23.2 Å². The molecule has 0 atom stereocenters. The van der Waals surface area contributed by atoms with Crippen molar-refractivity contribution in [2.75, 3.05) is 20.2 Å². The van der Waals surface area contributed by atoms with E-state index in [2.05, 4.69) is 4.98 Å². The number of amides is 1. The summed E-state index contributed by atoms with van der Waals surface area (Å²) in [6, 6.07) is 3.79. The number of nitrogens with zero attached hydrogens (tertiary/aromatic N) is 1. The topological polar surface area (TPSA) is 56.3 Å². The fraction of sp³-hybridized carbons (Fsp3) is 0.300. The van der Waals surface area contributed by atoms with Crippen LogP contribution >= 0.6 is 11.3 Å². The zero-order valence-electron chi connectivity index (χ0n) is 8.36. The van der Waals surface area contributed by atoms with Gasteiger partial charge in [0.25, 0.3) is 5.91 Å². The lowest BCUT2D eigenvalue weighted by Gasteiger charge is -2.13. The molecule has 0 aromatic carbocycles. The van der Waals surface area contributed by atoms with E-state index >= 15 is 0 Å². The molecule has 0 saturated carbocycles. The molecule has 0 spiro atoms. The fourth-order valence-electron chi connectivity index (χ4n) is 1.42. The molecule has 0 aliphatic rings. The van der Waals surface area contributed by atoms with E-state index in [1.165, 1.54) is 4.90 Å². The van der Waals surface area contributed by atoms with Gasteiger partial charge in [-0.05, 0) is 17.5 Å². The number of thiophene rings is 1. The van der Waals surface area contributed by atoms with Crippen LogP contribution in [0.25, 0.3) is 10.2 Å². The number of hydrogen-bond donors (Lipinski definition) is 2. The molecule has 0 aliphatic carbocycles. The number of fused-ring (bicyclic) bond motifs is 1. The normalized spacial score (nSPS) is 10.8. The first-order valence-electron chi connectivity index (χ1n) is 4.65. The molecule has 5 heteroatoms. The van der Waals surface area contributed by atoms with Gasteiger partial charge in [0.05, 0.1) is 16.8 Å². The van der Waals surface area contributed by atoms with Crippen molar-refractivity contribution in [2.24, 2.45) is 0 Å². The van der Waals surface area contributed by atoms with Gasteiger partial charge >= 0.3 is 0 Å². The van der Waals surface area contributed by atoms with Crippen LogP contribution in [0.1, 0.15) is 10.5 Å². The van der Waals surface area contributed by atoms with Crippen LogP contribution in [-0.2, 0) is 0 Å². The highest BCUT2D eigenvalue weighted by Crippen LogP contribution is 2.21. The maximum Gasteiger partial charge on any atom is 0.270 e. The molecule has 0 aliphatic heterocycles. The maximum absolute atomic E-state index is 11.8. The molecule has 2 rings (SSSR count). The van der Waals surface area contributed by atoms with Gasteiger partial charge in [0, 0.05) is 13.6 Å². The number of nitrogens with one attached hydrogen (secondary N) is 1. The molecule has 15 heavy (non-hydrogen) atoms. The number of hydrogen-bond acceptors (Lipinski definition) is 3. The summed E-state index contributed by atoms with van der Waals surface area (Å²) in [5.74, 6) is -0.0903. The quantitative estimate of drug-likeness (QED) is 0.825. The fourth-order valence-corrected chi connectivity index (χ4v) is 2.20. The number of aromatic amines is 1. The van der Waals surface area contributed by atoms with E-state index in [0.717, 1.165) is 10.2 Å². The summed E-state index contributed by atoms with van der Waals surface area (Å²) in [6.07, 6.45) is 0. The lowest BCUT2D eigenvalue weighted by molar-refractivity contribution is 0.0762. The van der Waals surface area contributed by atoms with Crippen LogP contribution in [0, 0.1) is 0 Å². The minimum atomic E-state index is -0.0903. The smallest absolute Gasteiger partial charge is 0.270 e. The molecule has 0 unspecified atom stereocenters. The molecule has 2 heterocycles. The second-order valence-electron chi connectivity index (χ2n) is 3.33. The van der Waals surface area contributed by atoms with Gasteiger partial charge in [-0.1, -0.05) is 0 Å². The molecule has 2 aromatic heterocycles. The Hall–Kier alpha value is -1.33. The Labute approximate surface area is 91.1 Å². The zero-order chi connectivity index (χ0) is 10.8. The van der Waals surface area contributed by atoms with Crippen LogP contribution in [-0.4, -0.2) is 41.1 Å². The Morgan fingerprint density at radius 2 is 2.47 bits per heavy atom. The molecule has 1 amide bonds. The molecule has 4 nitrogen and oxygen atoms in total. The van der Waals surface area contributed by atoms with Crippen LogP contribution in [0.15, 0.2) is 17.5 Å². The van der Waals surface area contributed by atoms with Crippen molar-refractivity contribution in [3.63, 3.8) is 0 Å². The average Bonchev–Trinajstić information content (AvgIpc) is 2.75. The minimum Gasteiger partial charge on any atom is -0.395 e. The molecular weight excluding hydrogens is 212 g/mol. The number of aliphatic hydroxyl groups excluding tert-OH is 1. The van der Waals surface area contributed by atoms with Gasteiger partial charge in [-0.2, -0.15) is 0 Å². The largest absolute Gasteiger partial charge is 0.395 e. The summed E-state index contributed by atoms with van der Waals surface area (Å²) in [4.78, 5) is 16.3. The Morgan fingerprint density at radius 1 is 1.67 bits per heavy atom. The molecule has 2 aromatic rings. The highest BCUT2D eigenvalue weighted by atomic mass is 32.1. The lowest BCUT2D eigenvalue weighted by Crippen LogP contribution is -2.29. The third-order valence-electron chi connectivity index (χ3n) is 2.25. The van der Waals surface area contributed by atoms with E-state index in [1.807, 2.05) is 17.5 Å². The SMILES string of the molecule is CN(CCO)C(=O)c1cc2sccc2[nH]1. The number of likely N-dealkylation sites (N-methyl/N-ethyl adjacent to an activating group) is 1. The summed E-state index contributed by atoms with van der Waals surface area (Å²) in [7, 11) is 1.67. The Bertz CT molecular complexity index is 446. The van der Waals surface area contributed by atoms with E-state index in [-0.39, 0.29) is 12.5 Å². The summed E-state index contributed by atoms with van der Waals surface area (Å²) in [6.45, 7) is 0.336. The van der Waals surface area contributed by atoms with Crippen LogP contribution in [0.2, 0.25) is 0 Å². The first-order valence-corrected chi connectivity index (χ1v) is 5.53. The van der Waals surface area contributed by atoms with Crippen molar-refractivity contribution >= 4 is 27.5 Å². The summed E-state index contributed by atoms with van der Waals surface area (Å²) in [5, 5.41) is 10.7. The van der Waals surface area contributed by atoms with E-state index in [9.17, 15) is 4.79 Å². The standard InChI is InChI=1S/C10H12N2O2S/c1-12(3-4-13)10(14)8-6-9-7(11-8)2-5-15-9/h2,5-6,11,13H,3-4H2,1H3. The van der Waals surface area contributed by atoms with Crippen LogP contribution < -0.4 is 0 Å². The third kappa shape index (κ3) is 1.88. The highest BCUT2D eigenvalue weighted by molar-refractivity contribution is 7.17. The Balaban J connectivity index is 2.23. The van der Waals surface area contributed by atoms with Gasteiger partial charge in [-0.15, -0.1) is 11.3 Å². The number of H-pyrrole nitrogens is 1. The average molecular weight is 224 g/mol. The van der Waals surface area contributed by atoms with Crippen molar-refractivity contribution in [2.45, 2.75) is 0 Å². The molecule has 0 fully saturated rings. The predicted octanol–water partition coefficient (Wildman–Crippen LogP) is 1.29. The molecule has 0 bridgehead atoms. The molecule has 80 valence electrons. The minimum absolute atomic E-state index is 0.0166. The Morgan fingerprint density at radius 3 is 3.13 bits per heavy atom. The van der Waals surface area contributed by atoms with Crippen LogP contribution in [0.3, 0.4) is 0 Å². The van der Waals surface area contributed by atoms with Gasteiger partial charge in [-0.25, -0.2) is 0 Å². The predicted molar refractivity (Wildman–Crippen MR) is 60.2 cm³/mol. The van der Waals surface area contributed by atoms with Crippen LogP contribution in [0.5, 0.6) is 0 Å². The molecule has 0 radical (unpaired) electrons. The van der Waals surface area contributed by atoms with Gasteiger partial charge in [-0.3, -0.25) is 4.79 Å². The summed E-state index contributed by atoms with van der Waals surface area (Å²) >= 11 is 1.60. The van der Waals surface area contributed by atoms with Gasteiger partial charge in [0.15, 0.2) is 0 Å². The Kier molecular flexibility index (Phi) is 2.75. The second-order valence-corrected chi connectivity index (χ2v) is 4.28. The first kappa shape index (κ1) is 10.2. The second kappa shape index (κ2) is 4.04. The first-order chi connectivity index (χ1) is 7.22. The van der Waals surface area contributed by atoms with Crippen molar-refractivity contribution in [3.8, 4) is 0 Å². The van der Waals surface area contributed by atoms with E-state index in [1.54, 1.807) is 18.4 Å². The third-order valence-corrected chi connectivity index (χ3v) is 3.12. The van der Waals surface area contributed by atoms with Crippen molar-refractivity contribution in [1.29, 1.82) is 0 Å². The number of aliphatic hydroxyl groups is 1. The molecular formula is C10H12N2O2S. The van der Waals surface area contributed by atoms with Gasteiger partial charge < -0.3 is 15.0 Å². The zero-order valence-corrected chi connectivity index (χ0v) is 9.17.